The third kappa shape index (κ3) is 1.91. The van der Waals surface area contributed by atoms with Gasteiger partial charge in [0.15, 0.2) is 5.82 Å². The molecule has 2 heterocycles. The minimum Gasteiger partial charge on any atom is -0.308 e. The van der Waals surface area contributed by atoms with Gasteiger partial charge in [0.2, 0.25) is 5.91 Å². The number of aryl methyl sites for hydroxylation is 1. The van der Waals surface area contributed by atoms with Gasteiger partial charge in [-0.2, -0.15) is 10.4 Å². The molecule has 2 aromatic rings. The number of fused-ring (bicyclic) bond motifs is 1. The van der Waals surface area contributed by atoms with Crippen molar-refractivity contribution in [1.29, 1.82) is 5.26 Å². The lowest BCUT2D eigenvalue weighted by molar-refractivity contribution is -0.119. The third-order valence-corrected chi connectivity index (χ3v) is 4.06. The van der Waals surface area contributed by atoms with E-state index in [0.717, 1.165) is 21.3 Å². The first-order valence-electron chi connectivity index (χ1n) is 6.12. The molecule has 1 aliphatic heterocycles. The van der Waals surface area contributed by atoms with Crippen molar-refractivity contribution in [2.24, 2.45) is 5.92 Å². The maximum absolute atomic E-state index is 12.1. The first-order valence-corrected chi connectivity index (χ1v) is 6.92. The number of H-pyrrole nitrogens is 1. The normalized spacial score (nSPS) is 20.9. The number of amides is 1. The van der Waals surface area contributed by atoms with Crippen LogP contribution in [-0.2, 0) is 4.79 Å². The molecule has 2 N–H and O–H groups in total. The number of carbonyl (C=O) groups excluding carboxylic acids is 1. The molecule has 6 heteroatoms. The molecule has 1 aromatic heterocycles. The van der Waals surface area contributed by atoms with E-state index in [1.165, 1.54) is 0 Å². The zero-order chi connectivity index (χ0) is 14.3. The second-order valence-corrected chi connectivity index (χ2v) is 5.65. The number of nitriles is 1. The molecule has 20 heavy (non-hydrogen) atoms. The Balaban J connectivity index is 2.19. The molecule has 0 spiro atoms. The van der Waals surface area contributed by atoms with E-state index in [1.807, 2.05) is 31.2 Å². The summed E-state index contributed by atoms with van der Waals surface area (Å²) >= 11 is 3.39. The fourth-order valence-corrected chi connectivity index (χ4v) is 2.85. The van der Waals surface area contributed by atoms with E-state index in [2.05, 4.69) is 37.5 Å². The van der Waals surface area contributed by atoms with Crippen LogP contribution in [0.4, 0.5) is 5.82 Å². The number of aromatic nitrogens is 2. The number of hydrogen-bond donors (Lipinski definition) is 2. The van der Waals surface area contributed by atoms with Crippen LogP contribution in [-0.4, -0.2) is 16.1 Å². The Morgan fingerprint density at radius 3 is 2.70 bits per heavy atom. The van der Waals surface area contributed by atoms with E-state index >= 15 is 0 Å². The highest BCUT2D eigenvalue weighted by molar-refractivity contribution is 9.10. The maximum Gasteiger partial charge on any atom is 0.243 e. The van der Waals surface area contributed by atoms with Crippen LogP contribution in [0, 0.1) is 24.2 Å². The number of nitrogens with one attached hydrogen (secondary N) is 2. The summed E-state index contributed by atoms with van der Waals surface area (Å²) in [6, 6.07) is 9.77. The molecular weight excluding hydrogens is 320 g/mol. The van der Waals surface area contributed by atoms with Gasteiger partial charge in [0.05, 0.1) is 6.07 Å². The summed E-state index contributed by atoms with van der Waals surface area (Å²) in [6.07, 6.45) is 0. The monoisotopic (exact) mass is 330 g/mol. The van der Waals surface area contributed by atoms with Crippen molar-refractivity contribution in [2.75, 3.05) is 5.32 Å². The van der Waals surface area contributed by atoms with E-state index < -0.39 is 5.92 Å². The largest absolute Gasteiger partial charge is 0.308 e. The minimum absolute atomic E-state index is 0.296. The molecule has 1 aliphatic rings. The van der Waals surface area contributed by atoms with Crippen LogP contribution in [0.3, 0.4) is 0 Å². The number of anilines is 1. The van der Waals surface area contributed by atoms with Gasteiger partial charge in [0.25, 0.3) is 0 Å². The third-order valence-electron chi connectivity index (χ3n) is 3.53. The summed E-state index contributed by atoms with van der Waals surface area (Å²) < 4.78 is 0.958. The van der Waals surface area contributed by atoms with Gasteiger partial charge in [-0.25, -0.2) is 0 Å². The Morgan fingerprint density at radius 1 is 1.35 bits per heavy atom. The van der Waals surface area contributed by atoms with Gasteiger partial charge in [-0.1, -0.05) is 28.1 Å². The van der Waals surface area contributed by atoms with Crippen molar-refractivity contribution >= 4 is 27.7 Å². The van der Waals surface area contributed by atoms with Crippen LogP contribution < -0.4 is 5.32 Å². The topological polar surface area (TPSA) is 81.6 Å². The van der Waals surface area contributed by atoms with E-state index in [-0.39, 0.29) is 11.8 Å². The molecule has 1 amide bonds. The molecule has 0 saturated heterocycles. The average molecular weight is 331 g/mol. The van der Waals surface area contributed by atoms with Gasteiger partial charge >= 0.3 is 0 Å². The van der Waals surface area contributed by atoms with Gasteiger partial charge in [0, 0.05) is 21.6 Å². The van der Waals surface area contributed by atoms with Gasteiger partial charge in [0.1, 0.15) is 5.92 Å². The molecule has 2 atom stereocenters. The predicted molar refractivity (Wildman–Crippen MR) is 77.0 cm³/mol. The van der Waals surface area contributed by atoms with E-state index in [0.29, 0.717) is 5.82 Å². The van der Waals surface area contributed by atoms with Crippen LogP contribution in [0.15, 0.2) is 28.7 Å². The fraction of sp³-hybridized carbons (Fsp3) is 0.214. The van der Waals surface area contributed by atoms with Crippen molar-refractivity contribution in [3.05, 3.63) is 45.6 Å². The Kier molecular flexibility index (Phi) is 3.07. The molecule has 0 fully saturated rings. The second kappa shape index (κ2) is 4.76. The van der Waals surface area contributed by atoms with Crippen molar-refractivity contribution in [2.45, 2.75) is 12.8 Å². The lowest BCUT2D eigenvalue weighted by atomic mass is 9.78. The highest BCUT2D eigenvalue weighted by Crippen LogP contribution is 2.41. The quantitative estimate of drug-likeness (QED) is 0.843. The zero-order valence-electron chi connectivity index (χ0n) is 10.6. The standard InChI is InChI=1S/C14H11BrN4O/c1-7-11-12(8-2-4-9(15)5-3-8)10(6-16)14(20)17-13(11)19-18-7/h2-5,10,12H,1H3,(H2,17,18,19,20). The molecule has 0 bridgehead atoms. The number of nitrogens with zero attached hydrogens (tertiary/aromatic N) is 2. The molecule has 100 valence electrons. The number of carbonyl (C=O) groups is 1. The van der Waals surface area contributed by atoms with Crippen LogP contribution in [0.5, 0.6) is 0 Å². The Hall–Kier alpha value is -2.13. The highest BCUT2D eigenvalue weighted by Gasteiger charge is 2.39. The number of hydrogen-bond acceptors (Lipinski definition) is 3. The number of halogens is 1. The first kappa shape index (κ1) is 12.9. The molecule has 0 saturated carbocycles. The second-order valence-electron chi connectivity index (χ2n) is 4.74. The smallest absolute Gasteiger partial charge is 0.243 e. The van der Waals surface area contributed by atoms with Crippen LogP contribution in [0.25, 0.3) is 0 Å². The number of rotatable bonds is 1. The lowest BCUT2D eigenvalue weighted by Gasteiger charge is -2.27. The molecular formula is C14H11BrN4O. The molecule has 1 aromatic carbocycles. The molecule has 3 rings (SSSR count). The summed E-state index contributed by atoms with van der Waals surface area (Å²) in [5, 5.41) is 19.0. The van der Waals surface area contributed by atoms with E-state index in [4.69, 9.17) is 0 Å². The summed E-state index contributed by atoms with van der Waals surface area (Å²) in [5.74, 6) is -0.832. The van der Waals surface area contributed by atoms with Crippen molar-refractivity contribution in [1.82, 2.24) is 10.2 Å². The SMILES string of the molecule is Cc1[nH]nc2c1C(c1ccc(Br)cc1)C(C#N)C(=O)N2. The van der Waals surface area contributed by atoms with Crippen molar-refractivity contribution in [3.63, 3.8) is 0 Å². The Bertz CT molecular complexity index is 714. The summed E-state index contributed by atoms with van der Waals surface area (Å²) in [6.45, 7) is 1.89. The van der Waals surface area contributed by atoms with Crippen LogP contribution in [0.2, 0.25) is 0 Å². The maximum atomic E-state index is 12.1. The van der Waals surface area contributed by atoms with Gasteiger partial charge < -0.3 is 5.32 Å². The van der Waals surface area contributed by atoms with Gasteiger partial charge in [-0.3, -0.25) is 9.89 Å². The van der Waals surface area contributed by atoms with Crippen molar-refractivity contribution < 1.29 is 4.79 Å². The van der Waals surface area contributed by atoms with Gasteiger partial charge in [-0.05, 0) is 24.6 Å². The van der Waals surface area contributed by atoms with E-state index in [1.54, 1.807) is 0 Å². The first-order chi connectivity index (χ1) is 9.61. The summed E-state index contributed by atoms with van der Waals surface area (Å²) in [4.78, 5) is 12.1. The highest BCUT2D eigenvalue weighted by atomic mass is 79.9. The predicted octanol–water partition coefficient (Wildman–Crippen LogP) is 2.70. The fourth-order valence-electron chi connectivity index (χ4n) is 2.59. The van der Waals surface area contributed by atoms with E-state index in [9.17, 15) is 10.1 Å². The minimum atomic E-state index is -0.750. The Morgan fingerprint density at radius 2 is 2.05 bits per heavy atom. The van der Waals surface area contributed by atoms with Crippen LogP contribution in [0.1, 0.15) is 22.7 Å². The van der Waals surface area contributed by atoms with Crippen molar-refractivity contribution in [3.8, 4) is 6.07 Å². The number of benzene rings is 1. The van der Waals surface area contributed by atoms with Crippen LogP contribution >= 0.6 is 15.9 Å². The van der Waals surface area contributed by atoms with Gasteiger partial charge in [-0.15, -0.1) is 0 Å². The molecule has 2 unspecified atom stereocenters. The number of aromatic amines is 1. The molecule has 0 radical (unpaired) electrons. The molecule has 0 aliphatic carbocycles. The summed E-state index contributed by atoms with van der Waals surface area (Å²) in [7, 11) is 0. The lowest BCUT2D eigenvalue weighted by Crippen LogP contribution is -2.33. The molecule has 5 nitrogen and oxygen atoms in total. The Labute approximate surface area is 124 Å². The average Bonchev–Trinajstić information content (AvgIpc) is 2.79. The zero-order valence-corrected chi connectivity index (χ0v) is 12.2. The summed E-state index contributed by atoms with van der Waals surface area (Å²) in [5.41, 5.74) is 2.69.